The molecule has 0 atom stereocenters. The minimum Gasteiger partial charge on any atom is -0.490 e. The van der Waals surface area contributed by atoms with E-state index in [4.69, 9.17) is 9.47 Å². The zero-order chi connectivity index (χ0) is 10.7. The summed E-state index contributed by atoms with van der Waals surface area (Å²) in [5, 5.41) is 10.7. The van der Waals surface area contributed by atoms with Crippen molar-refractivity contribution < 1.29 is 14.4 Å². The fourth-order valence-corrected chi connectivity index (χ4v) is 1.35. The third-order valence-corrected chi connectivity index (χ3v) is 2.03. The molecule has 0 aliphatic carbocycles. The number of nitro groups is 1. The van der Waals surface area contributed by atoms with E-state index in [1.807, 2.05) is 0 Å². The summed E-state index contributed by atoms with van der Waals surface area (Å²) in [6, 6.07) is 3.05. The van der Waals surface area contributed by atoms with Crippen molar-refractivity contribution in [3.8, 4) is 11.5 Å². The maximum absolute atomic E-state index is 10.7. The molecule has 1 aromatic rings. The van der Waals surface area contributed by atoms with Gasteiger partial charge < -0.3 is 9.47 Å². The average molecular weight is 215 g/mol. The van der Waals surface area contributed by atoms with Crippen LogP contribution in [-0.2, 0) is 0 Å². The summed E-state index contributed by atoms with van der Waals surface area (Å²) in [6.45, 7) is 0. The van der Waals surface area contributed by atoms with Gasteiger partial charge in [0.15, 0.2) is 0 Å². The van der Waals surface area contributed by atoms with Crippen LogP contribution in [0.2, 0.25) is 0 Å². The predicted molar refractivity (Wildman–Crippen MR) is 53.5 cm³/mol. The molecule has 0 heterocycles. The van der Waals surface area contributed by atoms with Gasteiger partial charge in [0, 0.05) is 0 Å². The monoisotopic (exact) mass is 215 g/mol. The molecule has 0 fully saturated rings. The summed E-state index contributed by atoms with van der Waals surface area (Å²) in [5.74, 6) is 0.266. The Hall–Kier alpha value is -1.43. The van der Waals surface area contributed by atoms with Crippen molar-refractivity contribution in [1.29, 1.82) is 0 Å². The van der Waals surface area contributed by atoms with Crippen LogP contribution in [0.1, 0.15) is 0 Å². The zero-order valence-corrected chi connectivity index (χ0v) is 8.58. The molecule has 76 valence electrons. The first-order chi connectivity index (χ1) is 6.61. The van der Waals surface area contributed by atoms with Crippen molar-refractivity contribution in [3.05, 3.63) is 22.2 Å². The van der Waals surface area contributed by atoms with Crippen molar-refractivity contribution >= 4 is 18.3 Å². The quantitative estimate of drug-likeness (QED) is 0.475. The highest BCUT2D eigenvalue weighted by atomic mass is 32.1. The maximum Gasteiger partial charge on any atom is 0.353 e. The van der Waals surface area contributed by atoms with Crippen LogP contribution in [0.4, 0.5) is 5.69 Å². The molecular weight excluding hydrogens is 206 g/mol. The minimum absolute atomic E-state index is 0.109. The molecule has 0 spiro atoms. The molecule has 0 radical (unpaired) electrons. The van der Waals surface area contributed by atoms with Gasteiger partial charge in [0.1, 0.15) is 0 Å². The van der Waals surface area contributed by atoms with Crippen LogP contribution in [0, 0.1) is 10.1 Å². The third-order valence-electron chi connectivity index (χ3n) is 1.68. The molecule has 5 nitrogen and oxygen atoms in total. The molecule has 1 aromatic carbocycles. The molecular formula is C8H9NO4S. The van der Waals surface area contributed by atoms with E-state index in [2.05, 4.69) is 12.6 Å². The number of nitrogens with zero attached hydrogens (tertiary/aromatic N) is 1. The molecule has 0 saturated carbocycles. The van der Waals surface area contributed by atoms with Crippen LogP contribution in [0.3, 0.4) is 0 Å². The van der Waals surface area contributed by atoms with Crippen molar-refractivity contribution in [2.75, 3.05) is 14.2 Å². The van der Waals surface area contributed by atoms with E-state index in [1.54, 1.807) is 6.07 Å². The van der Waals surface area contributed by atoms with E-state index in [0.717, 1.165) is 0 Å². The van der Waals surface area contributed by atoms with E-state index < -0.39 is 4.92 Å². The van der Waals surface area contributed by atoms with Gasteiger partial charge in [-0.15, -0.1) is 12.6 Å². The molecule has 0 saturated heterocycles. The van der Waals surface area contributed by atoms with Gasteiger partial charge in [0.25, 0.3) is 0 Å². The molecule has 0 aliphatic heterocycles. The lowest BCUT2D eigenvalue weighted by molar-refractivity contribution is -0.386. The second-order valence-electron chi connectivity index (χ2n) is 2.43. The number of hydrogen-bond donors (Lipinski definition) is 1. The maximum atomic E-state index is 10.7. The van der Waals surface area contributed by atoms with Gasteiger partial charge in [-0.3, -0.25) is 10.1 Å². The molecule has 6 heteroatoms. The Morgan fingerprint density at radius 2 is 2.00 bits per heavy atom. The summed E-state index contributed by atoms with van der Waals surface area (Å²) in [6.07, 6.45) is 0. The average Bonchev–Trinajstić information content (AvgIpc) is 2.17. The first kappa shape index (κ1) is 10.6. The molecule has 0 bridgehead atoms. The molecule has 0 unspecified atom stereocenters. The highest BCUT2D eigenvalue weighted by molar-refractivity contribution is 7.80. The number of hydrogen-bond acceptors (Lipinski definition) is 5. The van der Waals surface area contributed by atoms with Crippen molar-refractivity contribution in [1.82, 2.24) is 0 Å². The van der Waals surface area contributed by atoms with Crippen molar-refractivity contribution in [3.63, 3.8) is 0 Å². The Bertz CT molecular complexity index is 367. The van der Waals surface area contributed by atoms with Crippen LogP contribution in [0.25, 0.3) is 0 Å². The summed E-state index contributed by atoms with van der Waals surface area (Å²) >= 11 is 4.04. The zero-order valence-electron chi connectivity index (χ0n) is 7.68. The van der Waals surface area contributed by atoms with Gasteiger partial charge in [0.05, 0.1) is 24.0 Å². The first-order valence-corrected chi connectivity index (χ1v) is 4.15. The fraction of sp³-hybridized carbons (Fsp3) is 0.250. The van der Waals surface area contributed by atoms with E-state index in [0.29, 0.717) is 4.90 Å². The normalized spacial score (nSPS) is 9.64. The number of nitro benzene ring substituents is 1. The highest BCUT2D eigenvalue weighted by Gasteiger charge is 2.23. The van der Waals surface area contributed by atoms with Gasteiger partial charge in [-0.2, -0.15) is 0 Å². The summed E-state index contributed by atoms with van der Waals surface area (Å²) in [4.78, 5) is 10.6. The Morgan fingerprint density at radius 3 is 2.43 bits per heavy atom. The van der Waals surface area contributed by atoms with Gasteiger partial charge in [-0.25, -0.2) is 0 Å². The highest BCUT2D eigenvalue weighted by Crippen LogP contribution is 2.40. The predicted octanol–water partition coefficient (Wildman–Crippen LogP) is 1.90. The second kappa shape index (κ2) is 4.19. The fourth-order valence-electron chi connectivity index (χ4n) is 1.08. The van der Waals surface area contributed by atoms with Gasteiger partial charge in [0.2, 0.25) is 11.5 Å². The Labute approximate surface area is 86.2 Å². The van der Waals surface area contributed by atoms with Crippen molar-refractivity contribution in [2.45, 2.75) is 4.90 Å². The van der Waals surface area contributed by atoms with Gasteiger partial charge >= 0.3 is 5.69 Å². The van der Waals surface area contributed by atoms with E-state index in [9.17, 15) is 10.1 Å². The molecule has 0 aromatic heterocycles. The van der Waals surface area contributed by atoms with Gasteiger partial charge in [-0.05, 0) is 12.1 Å². The molecule has 14 heavy (non-hydrogen) atoms. The topological polar surface area (TPSA) is 61.6 Å². The van der Waals surface area contributed by atoms with Crippen LogP contribution in [0.15, 0.2) is 17.0 Å². The van der Waals surface area contributed by atoms with Crippen LogP contribution in [0.5, 0.6) is 11.5 Å². The Morgan fingerprint density at radius 1 is 1.36 bits per heavy atom. The van der Waals surface area contributed by atoms with Gasteiger partial charge in [-0.1, -0.05) is 0 Å². The summed E-state index contributed by atoms with van der Waals surface area (Å²) < 4.78 is 9.73. The SMILES string of the molecule is COc1ccc(S)c(OC)c1[N+](=O)[O-]. The van der Waals surface area contributed by atoms with E-state index in [1.165, 1.54) is 20.3 Å². The smallest absolute Gasteiger partial charge is 0.353 e. The lowest BCUT2D eigenvalue weighted by atomic mass is 10.2. The summed E-state index contributed by atoms with van der Waals surface area (Å²) in [7, 11) is 2.71. The van der Waals surface area contributed by atoms with Crippen LogP contribution >= 0.6 is 12.6 Å². The Balaban J connectivity index is 3.43. The van der Waals surface area contributed by atoms with Crippen LogP contribution in [-0.4, -0.2) is 19.1 Å². The summed E-state index contributed by atoms with van der Waals surface area (Å²) in [5.41, 5.74) is -0.206. The Kier molecular flexibility index (Phi) is 3.19. The molecule has 0 aliphatic rings. The number of methoxy groups -OCH3 is 2. The largest absolute Gasteiger partial charge is 0.490 e. The standard InChI is InChI=1S/C8H9NO4S/c1-12-5-3-4-6(14)8(13-2)7(5)9(10)11/h3-4,14H,1-2H3. The molecule has 0 amide bonds. The van der Waals surface area contributed by atoms with E-state index >= 15 is 0 Å². The third kappa shape index (κ3) is 1.74. The molecule has 1 rings (SSSR count). The number of thiol groups is 1. The van der Waals surface area contributed by atoms with Crippen LogP contribution < -0.4 is 9.47 Å². The molecule has 0 N–H and O–H groups in total. The van der Waals surface area contributed by atoms with Crippen molar-refractivity contribution in [2.24, 2.45) is 0 Å². The lowest BCUT2D eigenvalue weighted by Gasteiger charge is -2.07. The lowest BCUT2D eigenvalue weighted by Crippen LogP contribution is -1.98. The number of benzene rings is 1. The number of ether oxygens (including phenoxy) is 2. The first-order valence-electron chi connectivity index (χ1n) is 3.70. The second-order valence-corrected chi connectivity index (χ2v) is 2.91. The van der Waals surface area contributed by atoms with E-state index in [-0.39, 0.29) is 17.2 Å². The minimum atomic E-state index is -0.558. The number of rotatable bonds is 3.